The fourth-order valence-electron chi connectivity index (χ4n) is 4.83. The Morgan fingerprint density at radius 3 is 2.42 bits per heavy atom. The van der Waals surface area contributed by atoms with Gasteiger partial charge in [0.15, 0.2) is 0 Å². The zero-order chi connectivity index (χ0) is 23.6. The van der Waals surface area contributed by atoms with Crippen LogP contribution in [0.1, 0.15) is 76.2 Å². The molecule has 1 aromatic carbocycles. The van der Waals surface area contributed by atoms with E-state index in [0.717, 1.165) is 50.5 Å². The lowest BCUT2D eigenvalue weighted by atomic mass is 9.85. The SMILES string of the molecule is O=C(O)CCCCCC[C@@H]1C(=O)N(Cc2ccccc2)C(=O)N1NC[C@H](O)C1CCCCC1. The third-order valence-corrected chi connectivity index (χ3v) is 6.77. The van der Waals surface area contributed by atoms with Crippen LogP contribution in [0.3, 0.4) is 0 Å². The van der Waals surface area contributed by atoms with Gasteiger partial charge in [-0.1, -0.05) is 68.9 Å². The van der Waals surface area contributed by atoms with Crippen LogP contribution in [0.4, 0.5) is 4.79 Å². The molecular weight excluding hydrogens is 422 g/mol. The number of unbranched alkanes of at least 4 members (excludes halogenated alkanes) is 3. The zero-order valence-electron chi connectivity index (χ0n) is 19.3. The van der Waals surface area contributed by atoms with Gasteiger partial charge in [0.25, 0.3) is 5.91 Å². The van der Waals surface area contributed by atoms with Crippen molar-refractivity contribution in [3.63, 3.8) is 0 Å². The highest BCUT2D eigenvalue weighted by Crippen LogP contribution is 2.27. The average molecular weight is 460 g/mol. The van der Waals surface area contributed by atoms with E-state index >= 15 is 0 Å². The Bertz CT molecular complexity index is 782. The van der Waals surface area contributed by atoms with Gasteiger partial charge in [-0.3, -0.25) is 14.5 Å². The van der Waals surface area contributed by atoms with Gasteiger partial charge < -0.3 is 10.2 Å². The average Bonchev–Trinajstić information content (AvgIpc) is 3.04. The van der Waals surface area contributed by atoms with Gasteiger partial charge in [0.05, 0.1) is 12.6 Å². The molecular formula is C25H37N3O5. The lowest BCUT2D eigenvalue weighted by molar-refractivity contribution is -0.137. The Kier molecular flexibility index (Phi) is 9.69. The molecule has 1 saturated heterocycles. The van der Waals surface area contributed by atoms with Gasteiger partial charge in [0, 0.05) is 13.0 Å². The second-order valence-electron chi connectivity index (χ2n) is 9.25. The number of hydrazine groups is 1. The number of carboxylic acids is 1. The molecule has 0 unspecified atom stereocenters. The molecule has 0 spiro atoms. The van der Waals surface area contributed by atoms with Crippen molar-refractivity contribution in [3.8, 4) is 0 Å². The Labute approximate surface area is 195 Å². The number of carbonyl (C=O) groups excluding carboxylic acids is 2. The summed E-state index contributed by atoms with van der Waals surface area (Å²) >= 11 is 0. The number of amides is 3. The Balaban J connectivity index is 1.60. The lowest BCUT2D eigenvalue weighted by Crippen LogP contribution is -2.49. The number of nitrogens with one attached hydrogen (secondary N) is 1. The van der Waals surface area contributed by atoms with Crippen molar-refractivity contribution in [1.29, 1.82) is 0 Å². The van der Waals surface area contributed by atoms with Crippen LogP contribution < -0.4 is 5.43 Å². The van der Waals surface area contributed by atoms with Crippen molar-refractivity contribution < 1.29 is 24.6 Å². The number of carbonyl (C=O) groups is 3. The minimum Gasteiger partial charge on any atom is -0.481 e. The monoisotopic (exact) mass is 459 g/mol. The quantitative estimate of drug-likeness (QED) is 0.307. The highest BCUT2D eigenvalue weighted by Gasteiger charge is 2.45. The maximum atomic E-state index is 13.2. The first-order chi connectivity index (χ1) is 16.0. The fraction of sp³-hybridized carbons (Fsp3) is 0.640. The molecule has 0 aromatic heterocycles. The summed E-state index contributed by atoms with van der Waals surface area (Å²) in [6.07, 6.45) is 8.49. The fourth-order valence-corrected chi connectivity index (χ4v) is 4.83. The number of rotatable bonds is 13. The minimum absolute atomic E-state index is 0.151. The first-order valence-electron chi connectivity index (χ1n) is 12.3. The van der Waals surface area contributed by atoms with Crippen molar-refractivity contribution in [1.82, 2.24) is 15.3 Å². The Hall–Kier alpha value is -2.45. The van der Waals surface area contributed by atoms with E-state index in [1.165, 1.54) is 16.3 Å². The molecule has 1 aromatic rings. The largest absolute Gasteiger partial charge is 0.481 e. The normalized spacial score (nSPS) is 20.5. The van der Waals surface area contributed by atoms with Crippen LogP contribution in [0.5, 0.6) is 0 Å². The first kappa shape index (κ1) is 25.2. The number of imide groups is 1. The number of benzene rings is 1. The zero-order valence-corrected chi connectivity index (χ0v) is 19.3. The molecule has 3 amide bonds. The number of hydrogen-bond acceptors (Lipinski definition) is 5. The van der Waals surface area contributed by atoms with Crippen molar-refractivity contribution >= 4 is 17.9 Å². The number of aliphatic carboxylic acids is 1. The predicted octanol–water partition coefficient (Wildman–Crippen LogP) is 3.69. The van der Waals surface area contributed by atoms with Gasteiger partial charge >= 0.3 is 12.0 Å². The van der Waals surface area contributed by atoms with Crippen LogP contribution in [0, 0.1) is 5.92 Å². The van der Waals surface area contributed by atoms with Crippen LogP contribution in [0.25, 0.3) is 0 Å². The Morgan fingerprint density at radius 1 is 1.03 bits per heavy atom. The number of aliphatic hydroxyl groups excluding tert-OH is 1. The molecule has 1 aliphatic heterocycles. The van der Waals surface area contributed by atoms with E-state index < -0.39 is 18.1 Å². The van der Waals surface area contributed by atoms with Crippen molar-refractivity contribution in [2.45, 2.75) is 89.3 Å². The second kappa shape index (κ2) is 12.7. The summed E-state index contributed by atoms with van der Waals surface area (Å²) in [5.41, 5.74) is 3.97. The first-order valence-corrected chi connectivity index (χ1v) is 12.3. The van der Waals surface area contributed by atoms with Crippen LogP contribution >= 0.6 is 0 Å². The van der Waals surface area contributed by atoms with Gasteiger partial charge in [-0.2, -0.15) is 0 Å². The Morgan fingerprint density at radius 2 is 1.73 bits per heavy atom. The third-order valence-electron chi connectivity index (χ3n) is 6.77. The van der Waals surface area contributed by atoms with Crippen LogP contribution in [-0.2, 0) is 16.1 Å². The van der Waals surface area contributed by atoms with E-state index in [2.05, 4.69) is 5.43 Å². The molecule has 3 rings (SSSR count). The van der Waals surface area contributed by atoms with Crippen molar-refractivity contribution in [2.75, 3.05) is 6.54 Å². The van der Waals surface area contributed by atoms with E-state index in [9.17, 15) is 19.5 Å². The molecule has 0 radical (unpaired) electrons. The maximum Gasteiger partial charge on any atom is 0.342 e. The number of carboxylic acid groups (broad SMARTS) is 1. The van der Waals surface area contributed by atoms with Gasteiger partial charge in [0.2, 0.25) is 0 Å². The van der Waals surface area contributed by atoms with Crippen LogP contribution in [0.2, 0.25) is 0 Å². The van der Waals surface area contributed by atoms with Crippen molar-refractivity contribution in [2.24, 2.45) is 5.92 Å². The van der Waals surface area contributed by atoms with Gasteiger partial charge in [-0.15, -0.1) is 0 Å². The minimum atomic E-state index is -0.796. The van der Waals surface area contributed by atoms with Crippen LogP contribution in [-0.4, -0.2) is 56.7 Å². The summed E-state index contributed by atoms with van der Waals surface area (Å²) in [4.78, 5) is 38.3. The van der Waals surface area contributed by atoms with Gasteiger partial charge in [-0.05, 0) is 37.2 Å². The molecule has 1 aliphatic carbocycles. The van der Waals surface area contributed by atoms with Crippen molar-refractivity contribution in [3.05, 3.63) is 35.9 Å². The summed E-state index contributed by atoms with van der Waals surface area (Å²) in [6, 6.07) is 8.44. The molecule has 33 heavy (non-hydrogen) atoms. The molecule has 0 bridgehead atoms. The summed E-state index contributed by atoms with van der Waals surface area (Å²) < 4.78 is 0. The second-order valence-corrected chi connectivity index (χ2v) is 9.25. The summed E-state index contributed by atoms with van der Waals surface area (Å²) in [5.74, 6) is -0.795. The summed E-state index contributed by atoms with van der Waals surface area (Å²) in [7, 11) is 0. The molecule has 2 fully saturated rings. The number of hydrogen-bond donors (Lipinski definition) is 3. The standard InChI is InChI=1S/C25H37N3O5/c29-22(20-13-7-4-8-14-20)17-26-28-21(15-9-1-2-10-16-23(30)31)24(32)27(25(28)33)18-19-11-5-3-6-12-19/h3,5-6,11-12,20-22,26,29H,1-2,4,7-10,13-18H2,(H,30,31)/t21-,22+/m1/s1. The summed E-state index contributed by atoms with van der Waals surface area (Å²) in [6.45, 7) is 0.467. The molecule has 1 saturated carbocycles. The molecule has 3 N–H and O–H groups in total. The molecule has 8 heteroatoms. The summed E-state index contributed by atoms with van der Waals surface area (Å²) in [5, 5.41) is 20.8. The van der Waals surface area contributed by atoms with E-state index in [4.69, 9.17) is 5.11 Å². The third kappa shape index (κ3) is 7.27. The molecule has 2 atom stereocenters. The predicted molar refractivity (Wildman–Crippen MR) is 124 cm³/mol. The van der Waals surface area contributed by atoms with E-state index in [0.29, 0.717) is 12.8 Å². The number of urea groups is 1. The van der Waals surface area contributed by atoms with E-state index in [1.807, 2.05) is 30.3 Å². The molecule has 2 aliphatic rings. The van der Waals surface area contributed by atoms with Gasteiger partial charge in [-0.25, -0.2) is 15.2 Å². The van der Waals surface area contributed by atoms with Crippen LogP contribution in [0.15, 0.2) is 30.3 Å². The molecule has 182 valence electrons. The highest BCUT2D eigenvalue weighted by molar-refractivity contribution is 6.03. The van der Waals surface area contributed by atoms with Gasteiger partial charge in [0.1, 0.15) is 6.04 Å². The van der Waals surface area contributed by atoms with E-state index in [-0.39, 0.29) is 37.4 Å². The topological polar surface area (TPSA) is 110 Å². The molecule has 8 nitrogen and oxygen atoms in total. The smallest absolute Gasteiger partial charge is 0.342 e. The maximum absolute atomic E-state index is 13.2. The molecule has 1 heterocycles. The number of nitrogens with zero attached hydrogens (tertiary/aromatic N) is 2. The number of aliphatic hydroxyl groups is 1. The lowest BCUT2D eigenvalue weighted by Gasteiger charge is -2.29. The van der Waals surface area contributed by atoms with E-state index in [1.54, 1.807) is 0 Å². The highest BCUT2D eigenvalue weighted by atomic mass is 16.4.